The fourth-order valence-corrected chi connectivity index (χ4v) is 2.60. The third kappa shape index (κ3) is 2.74. The number of H-pyrrole nitrogens is 1. The molecule has 0 aliphatic heterocycles. The van der Waals surface area contributed by atoms with Gasteiger partial charge < -0.3 is 4.98 Å². The Balaban J connectivity index is 2.64. The normalized spacial score (nSPS) is 10.7. The highest BCUT2D eigenvalue weighted by molar-refractivity contribution is 9.10. The van der Waals surface area contributed by atoms with E-state index in [2.05, 4.69) is 30.9 Å². The predicted octanol–water partition coefficient (Wildman–Crippen LogP) is 4.83. The number of aromatic nitrogens is 3. The molecule has 2 aromatic rings. The van der Waals surface area contributed by atoms with Gasteiger partial charge >= 0.3 is 0 Å². The molecule has 0 saturated heterocycles. The van der Waals surface area contributed by atoms with Gasteiger partial charge in [-0.15, -0.1) is 0 Å². The van der Waals surface area contributed by atoms with Crippen molar-refractivity contribution in [1.29, 1.82) is 0 Å². The highest BCUT2D eigenvalue weighted by Gasteiger charge is 2.11. The maximum absolute atomic E-state index is 6.10. The maximum atomic E-state index is 6.10. The molecule has 3 nitrogen and oxygen atoms in total. The summed E-state index contributed by atoms with van der Waals surface area (Å²) in [5, 5.41) is 0.917. The molecule has 94 valence electrons. The molecular weight excluding hydrogens is 357 g/mol. The maximum Gasteiger partial charge on any atom is 0.159 e. The molecule has 2 heterocycles. The van der Waals surface area contributed by atoms with Crippen molar-refractivity contribution in [1.82, 2.24) is 15.0 Å². The van der Waals surface area contributed by atoms with Crippen molar-refractivity contribution < 1.29 is 0 Å². The van der Waals surface area contributed by atoms with E-state index in [1.54, 1.807) is 6.07 Å². The Morgan fingerprint density at radius 1 is 1.44 bits per heavy atom. The first kappa shape index (κ1) is 13.9. The quantitative estimate of drug-likeness (QED) is 0.775. The van der Waals surface area contributed by atoms with E-state index in [0.29, 0.717) is 26.2 Å². The molecule has 18 heavy (non-hydrogen) atoms. The third-order valence-corrected chi connectivity index (χ3v) is 4.23. The van der Waals surface area contributed by atoms with Gasteiger partial charge in [0, 0.05) is 11.9 Å². The number of nitrogens with zero attached hydrogens (tertiary/aromatic N) is 2. The number of aromatic amines is 1. The van der Waals surface area contributed by atoms with Gasteiger partial charge in [-0.2, -0.15) is 0 Å². The van der Waals surface area contributed by atoms with Gasteiger partial charge in [-0.25, -0.2) is 9.97 Å². The van der Waals surface area contributed by atoms with Crippen LogP contribution in [0.2, 0.25) is 10.0 Å². The van der Waals surface area contributed by atoms with Gasteiger partial charge in [0.05, 0.1) is 14.5 Å². The van der Waals surface area contributed by atoms with Crippen LogP contribution in [0.3, 0.4) is 0 Å². The number of hydrogen-bond acceptors (Lipinski definition) is 3. The van der Waals surface area contributed by atoms with E-state index in [9.17, 15) is 0 Å². The second kappa shape index (κ2) is 5.65. The Hall–Kier alpha value is -0.490. The summed E-state index contributed by atoms with van der Waals surface area (Å²) in [7, 11) is 0. The summed E-state index contributed by atoms with van der Waals surface area (Å²) in [6.45, 7) is 2.02. The lowest BCUT2D eigenvalue weighted by Crippen LogP contribution is -1.99. The van der Waals surface area contributed by atoms with Crippen molar-refractivity contribution in [3.8, 4) is 11.5 Å². The highest BCUT2D eigenvalue weighted by atomic mass is 79.9. The molecule has 0 spiro atoms. The Morgan fingerprint density at radius 2 is 2.17 bits per heavy atom. The van der Waals surface area contributed by atoms with E-state index < -0.39 is 0 Å². The zero-order chi connectivity index (χ0) is 13.3. The first-order valence-corrected chi connectivity index (χ1v) is 7.08. The van der Waals surface area contributed by atoms with Crippen LogP contribution in [0.1, 0.15) is 12.6 Å². The predicted molar refractivity (Wildman–Crippen MR) is 79.8 cm³/mol. The standard InChI is InChI=1S/C11H8BrCl2N3S/c1-2-7-8(12)11(18)17-10(16-7)9-6(14)3-5(13)4-15-9/h3-4H,2H2,1H3,(H,16,17,18). The van der Waals surface area contributed by atoms with Crippen LogP contribution in [0, 0.1) is 4.64 Å². The Labute approximate surface area is 128 Å². The molecule has 2 aromatic heterocycles. The topological polar surface area (TPSA) is 41.6 Å². The van der Waals surface area contributed by atoms with Crippen molar-refractivity contribution in [3.63, 3.8) is 0 Å². The number of halogens is 3. The largest absolute Gasteiger partial charge is 0.341 e. The summed E-state index contributed by atoms with van der Waals surface area (Å²) in [6, 6.07) is 1.62. The molecule has 7 heteroatoms. The molecular formula is C11H8BrCl2N3S. The third-order valence-electron chi connectivity index (χ3n) is 2.32. The minimum Gasteiger partial charge on any atom is -0.341 e. The Bertz CT molecular complexity index is 657. The van der Waals surface area contributed by atoms with Gasteiger partial charge in [0.1, 0.15) is 10.3 Å². The van der Waals surface area contributed by atoms with Crippen molar-refractivity contribution >= 4 is 51.3 Å². The minimum atomic E-state index is 0.435. The summed E-state index contributed by atoms with van der Waals surface area (Å²) in [6.07, 6.45) is 2.32. The molecule has 0 aliphatic carbocycles. The summed E-state index contributed by atoms with van der Waals surface area (Å²) in [5.41, 5.74) is 1.49. The summed E-state index contributed by atoms with van der Waals surface area (Å²) >= 11 is 20.5. The molecule has 0 aromatic carbocycles. The molecule has 0 bridgehead atoms. The number of rotatable bonds is 2. The summed E-state index contributed by atoms with van der Waals surface area (Å²) in [5.74, 6) is 0.543. The average molecular weight is 365 g/mol. The van der Waals surface area contributed by atoms with Crippen LogP contribution < -0.4 is 0 Å². The van der Waals surface area contributed by atoms with Crippen LogP contribution in [0.4, 0.5) is 0 Å². The van der Waals surface area contributed by atoms with Gasteiger partial charge in [0.25, 0.3) is 0 Å². The molecule has 0 amide bonds. The zero-order valence-corrected chi connectivity index (χ0v) is 13.2. The average Bonchev–Trinajstić information content (AvgIpc) is 2.32. The molecule has 0 fully saturated rings. The van der Waals surface area contributed by atoms with E-state index in [4.69, 9.17) is 35.4 Å². The van der Waals surface area contributed by atoms with Gasteiger partial charge in [-0.1, -0.05) is 42.3 Å². The lowest BCUT2D eigenvalue weighted by atomic mass is 10.3. The van der Waals surface area contributed by atoms with E-state index in [1.807, 2.05) is 6.92 Å². The van der Waals surface area contributed by atoms with E-state index in [-0.39, 0.29) is 0 Å². The van der Waals surface area contributed by atoms with Crippen molar-refractivity contribution in [2.75, 3.05) is 0 Å². The Kier molecular flexibility index (Phi) is 4.37. The first-order chi connectivity index (χ1) is 8.52. The molecule has 2 rings (SSSR count). The van der Waals surface area contributed by atoms with Crippen LogP contribution in [-0.4, -0.2) is 15.0 Å². The number of pyridine rings is 1. The molecule has 0 radical (unpaired) electrons. The van der Waals surface area contributed by atoms with Crippen LogP contribution in [0.15, 0.2) is 16.7 Å². The second-order valence-electron chi connectivity index (χ2n) is 3.52. The molecule has 0 aliphatic rings. The number of aryl methyl sites for hydroxylation is 1. The molecule has 1 N–H and O–H groups in total. The van der Waals surface area contributed by atoms with Gasteiger partial charge in [-0.05, 0) is 28.4 Å². The highest BCUT2D eigenvalue weighted by Crippen LogP contribution is 2.27. The van der Waals surface area contributed by atoms with Crippen LogP contribution in [0.25, 0.3) is 11.5 Å². The molecule has 0 atom stereocenters. The lowest BCUT2D eigenvalue weighted by molar-refractivity contribution is 0.977. The molecule has 0 saturated carbocycles. The van der Waals surface area contributed by atoms with Crippen molar-refractivity contribution in [2.24, 2.45) is 0 Å². The number of nitrogens with one attached hydrogen (secondary N) is 1. The molecule has 0 unspecified atom stereocenters. The van der Waals surface area contributed by atoms with E-state index in [0.717, 1.165) is 16.6 Å². The van der Waals surface area contributed by atoms with Crippen LogP contribution in [0.5, 0.6) is 0 Å². The van der Waals surface area contributed by atoms with E-state index in [1.165, 1.54) is 6.20 Å². The summed E-state index contributed by atoms with van der Waals surface area (Å²) < 4.78 is 1.28. The van der Waals surface area contributed by atoms with Crippen molar-refractivity contribution in [2.45, 2.75) is 13.3 Å². The summed E-state index contributed by atoms with van der Waals surface area (Å²) in [4.78, 5) is 11.6. The SMILES string of the molecule is CCc1[nH]c(-c2ncc(Cl)cc2Cl)nc(=S)c1Br. The second-order valence-corrected chi connectivity index (χ2v) is 5.54. The Morgan fingerprint density at radius 3 is 2.78 bits per heavy atom. The smallest absolute Gasteiger partial charge is 0.159 e. The zero-order valence-electron chi connectivity index (χ0n) is 9.30. The van der Waals surface area contributed by atoms with Crippen molar-refractivity contribution in [3.05, 3.63) is 37.1 Å². The first-order valence-electron chi connectivity index (χ1n) is 5.13. The number of hydrogen-bond donors (Lipinski definition) is 1. The monoisotopic (exact) mass is 363 g/mol. The van der Waals surface area contributed by atoms with Gasteiger partial charge in [0.15, 0.2) is 5.82 Å². The fraction of sp³-hybridized carbons (Fsp3) is 0.182. The minimum absolute atomic E-state index is 0.435. The lowest BCUT2D eigenvalue weighted by Gasteiger charge is -2.07. The van der Waals surface area contributed by atoms with Gasteiger partial charge in [-0.3, -0.25) is 0 Å². The van der Waals surface area contributed by atoms with Crippen LogP contribution >= 0.6 is 51.3 Å². The van der Waals surface area contributed by atoms with E-state index >= 15 is 0 Å². The van der Waals surface area contributed by atoms with Gasteiger partial charge in [0.2, 0.25) is 0 Å². The fourth-order valence-electron chi connectivity index (χ4n) is 1.45. The van der Waals surface area contributed by atoms with Crippen LogP contribution in [-0.2, 0) is 6.42 Å².